The molecule has 0 saturated heterocycles. The molecule has 0 atom stereocenters. The fourth-order valence-electron chi connectivity index (χ4n) is 1.86. The molecule has 1 saturated carbocycles. The van der Waals surface area contributed by atoms with Crippen LogP contribution in [0.15, 0.2) is 6.20 Å². The van der Waals surface area contributed by atoms with Crippen molar-refractivity contribution < 1.29 is 0 Å². The number of nitrogens with one attached hydrogen (secondary N) is 1. The predicted molar refractivity (Wildman–Crippen MR) is 70.0 cm³/mol. The van der Waals surface area contributed by atoms with Crippen LogP contribution in [0.2, 0.25) is 0 Å². The number of hydrogen-bond donors (Lipinski definition) is 1. The van der Waals surface area contributed by atoms with E-state index < -0.39 is 0 Å². The highest BCUT2D eigenvalue weighted by Crippen LogP contribution is 2.39. The predicted octanol–water partition coefficient (Wildman–Crippen LogP) is 2.89. The van der Waals surface area contributed by atoms with Crippen LogP contribution in [-0.4, -0.2) is 19.7 Å². The lowest BCUT2D eigenvalue weighted by Crippen LogP contribution is -2.04. The summed E-state index contributed by atoms with van der Waals surface area (Å²) in [7, 11) is 0. The molecule has 17 heavy (non-hydrogen) atoms. The molecule has 3 rings (SSSR count). The normalized spacial score (nSPS) is 15.4. The lowest BCUT2D eigenvalue weighted by Gasteiger charge is -2.02. The van der Waals surface area contributed by atoms with Crippen LogP contribution in [-0.2, 0) is 13.0 Å². The Morgan fingerprint density at radius 3 is 3.06 bits per heavy atom. The SMILES string of the molecule is CCc1cnc(Cn2c(C3CC3)n[nH]c2=S)s1. The number of hydrogen-bond acceptors (Lipinski definition) is 4. The molecule has 1 N–H and O–H groups in total. The third-order valence-electron chi connectivity index (χ3n) is 2.97. The van der Waals surface area contributed by atoms with Crippen LogP contribution in [0.3, 0.4) is 0 Å². The second kappa shape index (κ2) is 4.34. The molecular formula is C11H14N4S2. The molecule has 1 fully saturated rings. The Morgan fingerprint density at radius 1 is 1.59 bits per heavy atom. The summed E-state index contributed by atoms with van der Waals surface area (Å²) in [5.74, 6) is 1.71. The molecule has 2 heterocycles. The maximum atomic E-state index is 5.28. The average molecular weight is 266 g/mol. The number of thiazole rings is 1. The number of nitrogens with zero attached hydrogens (tertiary/aromatic N) is 3. The maximum absolute atomic E-state index is 5.28. The summed E-state index contributed by atoms with van der Waals surface area (Å²) < 4.78 is 2.80. The van der Waals surface area contributed by atoms with Gasteiger partial charge in [-0.05, 0) is 31.5 Å². The van der Waals surface area contributed by atoms with Crippen molar-refractivity contribution in [1.82, 2.24) is 19.7 Å². The Balaban J connectivity index is 1.88. The molecule has 1 aliphatic carbocycles. The van der Waals surface area contributed by atoms with Crippen LogP contribution in [0.5, 0.6) is 0 Å². The number of H-pyrrole nitrogens is 1. The first kappa shape index (κ1) is 11.1. The summed E-state index contributed by atoms with van der Waals surface area (Å²) in [6.07, 6.45) is 5.47. The van der Waals surface area contributed by atoms with Gasteiger partial charge in [0.2, 0.25) is 0 Å². The fraction of sp³-hybridized carbons (Fsp3) is 0.545. The number of aromatic amines is 1. The van der Waals surface area contributed by atoms with Crippen LogP contribution in [0, 0.1) is 4.77 Å². The van der Waals surface area contributed by atoms with E-state index in [2.05, 4.69) is 26.7 Å². The van der Waals surface area contributed by atoms with Crippen molar-refractivity contribution in [2.75, 3.05) is 0 Å². The molecule has 4 nitrogen and oxygen atoms in total. The van der Waals surface area contributed by atoms with Gasteiger partial charge in [-0.15, -0.1) is 11.3 Å². The van der Waals surface area contributed by atoms with Gasteiger partial charge in [-0.3, -0.25) is 9.67 Å². The highest BCUT2D eigenvalue weighted by molar-refractivity contribution is 7.71. The standard InChI is InChI=1S/C11H14N4S2/c1-2-8-5-12-9(17-8)6-15-10(7-3-4-7)13-14-11(15)16/h5,7H,2-4,6H2,1H3,(H,14,16). The third kappa shape index (κ3) is 2.19. The zero-order valence-electron chi connectivity index (χ0n) is 9.64. The van der Waals surface area contributed by atoms with Crippen LogP contribution < -0.4 is 0 Å². The first-order chi connectivity index (χ1) is 8.28. The molecule has 2 aromatic rings. The molecular weight excluding hydrogens is 252 g/mol. The first-order valence-electron chi connectivity index (χ1n) is 5.86. The van der Waals surface area contributed by atoms with Crippen molar-refractivity contribution in [1.29, 1.82) is 0 Å². The molecule has 0 spiro atoms. The fourth-order valence-corrected chi connectivity index (χ4v) is 2.91. The minimum atomic E-state index is 0.605. The van der Waals surface area contributed by atoms with Gasteiger partial charge < -0.3 is 0 Å². The van der Waals surface area contributed by atoms with E-state index in [0.29, 0.717) is 10.7 Å². The van der Waals surface area contributed by atoms with E-state index in [0.717, 1.165) is 23.8 Å². The number of aromatic nitrogens is 4. The van der Waals surface area contributed by atoms with Crippen LogP contribution >= 0.6 is 23.6 Å². The van der Waals surface area contributed by atoms with Crippen LogP contribution in [0.1, 0.15) is 41.4 Å². The molecule has 2 aromatic heterocycles. The molecule has 1 aliphatic rings. The molecule has 0 amide bonds. The Labute approximate surface area is 109 Å². The Kier molecular flexibility index (Phi) is 2.84. The Hall–Kier alpha value is -1.01. The lowest BCUT2D eigenvalue weighted by atomic mass is 10.4. The zero-order chi connectivity index (χ0) is 11.8. The molecule has 0 bridgehead atoms. The topological polar surface area (TPSA) is 46.5 Å². The zero-order valence-corrected chi connectivity index (χ0v) is 11.3. The van der Waals surface area contributed by atoms with E-state index in [4.69, 9.17) is 12.2 Å². The van der Waals surface area contributed by atoms with E-state index in [1.165, 1.54) is 17.7 Å². The van der Waals surface area contributed by atoms with Gasteiger partial charge in [-0.2, -0.15) is 5.10 Å². The minimum absolute atomic E-state index is 0.605. The molecule has 0 radical (unpaired) electrons. The van der Waals surface area contributed by atoms with Crippen LogP contribution in [0.25, 0.3) is 0 Å². The van der Waals surface area contributed by atoms with Crippen molar-refractivity contribution in [2.45, 2.75) is 38.6 Å². The summed E-state index contributed by atoms with van der Waals surface area (Å²) in [6.45, 7) is 2.91. The van der Waals surface area contributed by atoms with Crippen molar-refractivity contribution >= 4 is 23.6 Å². The summed E-state index contributed by atoms with van der Waals surface area (Å²) in [5.41, 5.74) is 0. The van der Waals surface area contributed by atoms with Gasteiger partial charge in [0.15, 0.2) is 4.77 Å². The average Bonchev–Trinajstić information content (AvgIpc) is 2.97. The molecule has 0 unspecified atom stereocenters. The van der Waals surface area contributed by atoms with Gasteiger partial charge in [-0.1, -0.05) is 6.92 Å². The summed E-state index contributed by atoms with van der Waals surface area (Å²) in [5, 5.41) is 8.33. The van der Waals surface area contributed by atoms with Crippen molar-refractivity contribution in [3.05, 3.63) is 26.7 Å². The van der Waals surface area contributed by atoms with Crippen molar-refractivity contribution in [3.63, 3.8) is 0 Å². The molecule has 90 valence electrons. The van der Waals surface area contributed by atoms with E-state index in [-0.39, 0.29) is 0 Å². The van der Waals surface area contributed by atoms with E-state index in [1.54, 1.807) is 11.3 Å². The van der Waals surface area contributed by atoms with Gasteiger partial charge in [0.05, 0.1) is 6.54 Å². The van der Waals surface area contributed by atoms with Gasteiger partial charge in [0.25, 0.3) is 0 Å². The number of aryl methyl sites for hydroxylation is 1. The van der Waals surface area contributed by atoms with Gasteiger partial charge in [0, 0.05) is 17.0 Å². The third-order valence-corrected chi connectivity index (χ3v) is 4.41. The smallest absolute Gasteiger partial charge is 0.195 e. The lowest BCUT2D eigenvalue weighted by molar-refractivity contribution is 0.715. The Morgan fingerprint density at radius 2 is 2.41 bits per heavy atom. The van der Waals surface area contributed by atoms with Crippen LogP contribution in [0.4, 0.5) is 0 Å². The molecule has 6 heteroatoms. The molecule has 0 aromatic carbocycles. The van der Waals surface area contributed by atoms with Gasteiger partial charge in [0.1, 0.15) is 10.8 Å². The monoisotopic (exact) mass is 266 g/mol. The van der Waals surface area contributed by atoms with Crippen molar-refractivity contribution in [3.8, 4) is 0 Å². The first-order valence-corrected chi connectivity index (χ1v) is 7.09. The summed E-state index contributed by atoms with van der Waals surface area (Å²) in [6, 6.07) is 0. The molecule has 0 aliphatic heterocycles. The second-order valence-electron chi connectivity index (χ2n) is 4.32. The highest BCUT2D eigenvalue weighted by atomic mass is 32.1. The summed E-state index contributed by atoms with van der Waals surface area (Å²) in [4.78, 5) is 5.76. The quantitative estimate of drug-likeness (QED) is 0.866. The van der Waals surface area contributed by atoms with Gasteiger partial charge >= 0.3 is 0 Å². The number of rotatable bonds is 4. The van der Waals surface area contributed by atoms with Crippen molar-refractivity contribution in [2.24, 2.45) is 0 Å². The van der Waals surface area contributed by atoms with Gasteiger partial charge in [-0.25, -0.2) is 4.98 Å². The minimum Gasteiger partial charge on any atom is -0.297 e. The largest absolute Gasteiger partial charge is 0.297 e. The van der Waals surface area contributed by atoms with E-state index in [1.807, 2.05) is 6.20 Å². The second-order valence-corrected chi connectivity index (χ2v) is 5.91. The maximum Gasteiger partial charge on any atom is 0.195 e. The summed E-state index contributed by atoms with van der Waals surface area (Å²) >= 11 is 7.04. The van der Waals surface area contributed by atoms with E-state index in [9.17, 15) is 0 Å². The van der Waals surface area contributed by atoms with E-state index >= 15 is 0 Å². The highest BCUT2D eigenvalue weighted by Gasteiger charge is 2.29. The Bertz CT molecular complexity index is 576.